The first kappa shape index (κ1) is 20.0. The summed E-state index contributed by atoms with van der Waals surface area (Å²) in [5.41, 5.74) is 0. The number of urea groups is 1. The normalized spacial score (nSPS) is 23.5. The molecule has 3 aliphatic rings. The van der Waals surface area contributed by atoms with Gasteiger partial charge in [0.2, 0.25) is 0 Å². The van der Waals surface area contributed by atoms with E-state index in [0.29, 0.717) is 6.04 Å². The highest BCUT2D eigenvalue weighted by molar-refractivity contribution is 5.74. The van der Waals surface area contributed by atoms with Crippen molar-refractivity contribution in [3.63, 3.8) is 0 Å². The van der Waals surface area contributed by atoms with Gasteiger partial charge in [-0.2, -0.15) is 0 Å². The van der Waals surface area contributed by atoms with E-state index in [1.807, 2.05) is 0 Å². The monoisotopic (exact) mass is 363 g/mol. The molecule has 0 spiro atoms. The second kappa shape index (κ2) is 9.96. The molecule has 0 radical (unpaired) electrons. The molecule has 0 aromatic heterocycles. The Labute approximate surface area is 161 Å². The van der Waals surface area contributed by atoms with Crippen LogP contribution in [0.2, 0.25) is 0 Å². The smallest absolute Gasteiger partial charge is 0.317 e. The largest absolute Gasteiger partial charge is 0.335 e. The van der Waals surface area contributed by atoms with Gasteiger partial charge in [0.05, 0.1) is 0 Å². The van der Waals surface area contributed by atoms with Crippen LogP contribution in [-0.2, 0) is 0 Å². The van der Waals surface area contributed by atoms with Crippen LogP contribution in [-0.4, -0.2) is 54.1 Å². The lowest BCUT2D eigenvalue weighted by molar-refractivity contribution is 0.119. The molecule has 0 unspecified atom stereocenters. The van der Waals surface area contributed by atoms with E-state index in [0.717, 1.165) is 31.0 Å². The van der Waals surface area contributed by atoms with Gasteiger partial charge in [-0.05, 0) is 63.3 Å². The van der Waals surface area contributed by atoms with Gasteiger partial charge >= 0.3 is 6.03 Å². The fourth-order valence-corrected chi connectivity index (χ4v) is 5.10. The second-order valence-electron chi connectivity index (χ2n) is 9.48. The van der Waals surface area contributed by atoms with Gasteiger partial charge in [0.15, 0.2) is 0 Å². The summed E-state index contributed by atoms with van der Waals surface area (Å²) in [6, 6.07) is 1.47. The average molecular weight is 364 g/mol. The van der Waals surface area contributed by atoms with Crippen LogP contribution in [0.1, 0.15) is 84.5 Å². The molecule has 0 bridgehead atoms. The zero-order valence-corrected chi connectivity index (χ0v) is 17.2. The maximum absolute atomic E-state index is 12.5. The molecule has 0 aromatic carbocycles. The predicted octanol–water partition coefficient (Wildman–Crippen LogP) is 4.64. The van der Waals surface area contributed by atoms with Gasteiger partial charge in [0.25, 0.3) is 0 Å². The van der Waals surface area contributed by atoms with E-state index >= 15 is 0 Å². The van der Waals surface area contributed by atoms with Gasteiger partial charge in [-0.15, -0.1) is 0 Å². The number of hydrogen-bond donors (Lipinski definition) is 1. The third-order valence-electron chi connectivity index (χ3n) is 6.91. The third kappa shape index (κ3) is 5.87. The van der Waals surface area contributed by atoms with E-state index < -0.39 is 0 Å². The summed E-state index contributed by atoms with van der Waals surface area (Å²) >= 11 is 0. The number of rotatable bonds is 7. The summed E-state index contributed by atoms with van der Waals surface area (Å²) in [6.45, 7) is 9.11. The van der Waals surface area contributed by atoms with Crippen molar-refractivity contribution in [1.82, 2.24) is 15.1 Å². The van der Waals surface area contributed by atoms with Crippen molar-refractivity contribution in [2.75, 3.05) is 26.2 Å². The van der Waals surface area contributed by atoms with Gasteiger partial charge in [0.1, 0.15) is 0 Å². The minimum absolute atomic E-state index is 0.197. The second-order valence-corrected chi connectivity index (χ2v) is 9.48. The SMILES string of the molecule is CC(C)CCN(CC1CCN(C(=O)NC2CCCC2)CC1)C1CCCC1. The number of likely N-dealkylation sites (tertiary alicyclic amines) is 1. The highest BCUT2D eigenvalue weighted by Crippen LogP contribution is 2.27. The molecule has 26 heavy (non-hydrogen) atoms. The molecule has 4 heteroatoms. The van der Waals surface area contributed by atoms with Crippen molar-refractivity contribution < 1.29 is 4.79 Å². The Kier molecular flexibility index (Phi) is 7.65. The molecule has 0 atom stereocenters. The van der Waals surface area contributed by atoms with Crippen LogP contribution in [0.25, 0.3) is 0 Å². The Morgan fingerprint density at radius 3 is 2.23 bits per heavy atom. The first-order valence-corrected chi connectivity index (χ1v) is 11.4. The molecule has 2 saturated carbocycles. The summed E-state index contributed by atoms with van der Waals surface area (Å²) in [6.07, 6.45) is 14.2. The van der Waals surface area contributed by atoms with Crippen molar-refractivity contribution in [2.45, 2.75) is 96.6 Å². The number of carbonyl (C=O) groups excluding carboxylic acids is 1. The standard InChI is InChI=1S/C22H41N3O/c1-18(2)11-14-25(21-9-5-6-10-21)17-19-12-15-24(16-13-19)22(26)23-20-7-3-4-8-20/h18-21H,3-17H2,1-2H3,(H,23,26). The highest BCUT2D eigenvalue weighted by atomic mass is 16.2. The lowest BCUT2D eigenvalue weighted by Gasteiger charge is -2.37. The van der Waals surface area contributed by atoms with Crippen LogP contribution in [0.5, 0.6) is 0 Å². The maximum atomic E-state index is 12.5. The molecule has 1 aliphatic heterocycles. The van der Waals surface area contributed by atoms with Crippen LogP contribution < -0.4 is 5.32 Å². The van der Waals surface area contributed by atoms with Gasteiger partial charge in [-0.1, -0.05) is 39.5 Å². The lowest BCUT2D eigenvalue weighted by atomic mass is 9.95. The van der Waals surface area contributed by atoms with Gasteiger partial charge in [0, 0.05) is 31.7 Å². The maximum Gasteiger partial charge on any atom is 0.317 e. The number of amides is 2. The van der Waals surface area contributed by atoms with Crippen LogP contribution >= 0.6 is 0 Å². The van der Waals surface area contributed by atoms with Gasteiger partial charge in [-0.3, -0.25) is 0 Å². The molecule has 2 aliphatic carbocycles. The van der Waals surface area contributed by atoms with Crippen LogP contribution in [0.3, 0.4) is 0 Å². The summed E-state index contributed by atoms with van der Waals surface area (Å²) in [5.74, 6) is 1.57. The summed E-state index contributed by atoms with van der Waals surface area (Å²) in [4.78, 5) is 17.4. The minimum Gasteiger partial charge on any atom is -0.335 e. The Balaban J connectivity index is 1.42. The number of piperidine rings is 1. The molecule has 3 rings (SSSR count). The highest BCUT2D eigenvalue weighted by Gasteiger charge is 2.29. The van der Waals surface area contributed by atoms with Crippen molar-refractivity contribution >= 4 is 6.03 Å². The van der Waals surface area contributed by atoms with Gasteiger partial charge in [-0.25, -0.2) is 4.79 Å². The fourth-order valence-electron chi connectivity index (χ4n) is 5.10. The van der Waals surface area contributed by atoms with Gasteiger partial charge < -0.3 is 15.1 Å². The van der Waals surface area contributed by atoms with E-state index in [1.165, 1.54) is 83.7 Å². The number of hydrogen-bond acceptors (Lipinski definition) is 2. The Bertz CT molecular complexity index is 419. The van der Waals surface area contributed by atoms with Crippen LogP contribution in [0.4, 0.5) is 4.79 Å². The Morgan fingerprint density at radius 2 is 1.62 bits per heavy atom. The molecule has 1 heterocycles. The molecule has 0 aromatic rings. The molecule has 1 saturated heterocycles. The molecule has 4 nitrogen and oxygen atoms in total. The van der Waals surface area contributed by atoms with E-state index in [4.69, 9.17) is 0 Å². The predicted molar refractivity (Wildman–Crippen MR) is 108 cm³/mol. The number of carbonyl (C=O) groups is 1. The summed E-state index contributed by atoms with van der Waals surface area (Å²) in [5, 5.41) is 3.26. The average Bonchev–Trinajstić information content (AvgIpc) is 3.32. The summed E-state index contributed by atoms with van der Waals surface area (Å²) in [7, 11) is 0. The molecule has 3 fully saturated rings. The topological polar surface area (TPSA) is 35.6 Å². The van der Waals surface area contributed by atoms with Crippen molar-refractivity contribution in [2.24, 2.45) is 11.8 Å². The minimum atomic E-state index is 0.197. The molecular weight excluding hydrogens is 322 g/mol. The Morgan fingerprint density at radius 1 is 1.00 bits per heavy atom. The lowest BCUT2D eigenvalue weighted by Crippen LogP contribution is -2.49. The van der Waals surface area contributed by atoms with E-state index in [-0.39, 0.29) is 6.03 Å². The summed E-state index contributed by atoms with van der Waals surface area (Å²) < 4.78 is 0. The molecule has 2 amide bonds. The third-order valence-corrected chi connectivity index (χ3v) is 6.91. The van der Waals surface area contributed by atoms with E-state index in [2.05, 4.69) is 29.0 Å². The number of nitrogens with one attached hydrogen (secondary N) is 1. The van der Waals surface area contributed by atoms with Crippen molar-refractivity contribution in [1.29, 1.82) is 0 Å². The quantitative estimate of drug-likeness (QED) is 0.715. The fraction of sp³-hybridized carbons (Fsp3) is 0.955. The number of nitrogens with zero attached hydrogens (tertiary/aromatic N) is 2. The van der Waals surface area contributed by atoms with Crippen molar-refractivity contribution in [3.8, 4) is 0 Å². The first-order chi connectivity index (χ1) is 12.6. The van der Waals surface area contributed by atoms with E-state index in [1.54, 1.807) is 0 Å². The molecular formula is C22H41N3O. The van der Waals surface area contributed by atoms with Crippen LogP contribution in [0, 0.1) is 11.8 Å². The Hall–Kier alpha value is -0.770. The zero-order valence-electron chi connectivity index (χ0n) is 17.2. The van der Waals surface area contributed by atoms with Crippen molar-refractivity contribution in [3.05, 3.63) is 0 Å². The molecule has 150 valence electrons. The van der Waals surface area contributed by atoms with E-state index in [9.17, 15) is 4.79 Å². The zero-order chi connectivity index (χ0) is 18.4. The first-order valence-electron chi connectivity index (χ1n) is 11.4. The molecule has 1 N–H and O–H groups in total. The van der Waals surface area contributed by atoms with Crippen LogP contribution in [0.15, 0.2) is 0 Å².